The smallest absolute Gasteiger partial charge is 0.229 e. The monoisotopic (exact) mass is 362 g/mol. The van der Waals surface area contributed by atoms with Gasteiger partial charge in [0.25, 0.3) is 0 Å². The first-order valence-corrected chi connectivity index (χ1v) is 9.24. The fourth-order valence-electron chi connectivity index (χ4n) is 2.63. The summed E-state index contributed by atoms with van der Waals surface area (Å²) in [5, 5.41) is 6.56. The topological polar surface area (TPSA) is 59.1 Å². The van der Waals surface area contributed by atoms with Crippen molar-refractivity contribution in [3.8, 4) is 5.75 Å². The van der Waals surface area contributed by atoms with Gasteiger partial charge in [-0.05, 0) is 55.7 Å². The molecule has 140 valence electrons. The van der Waals surface area contributed by atoms with E-state index in [0.29, 0.717) is 17.7 Å². The van der Waals surface area contributed by atoms with Crippen LogP contribution < -0.4 is 15.4 Å². The van der Waals surface area contributed by atoms with Gasteiger partial charge in [-0.1, -0.05) is 38.1 Å². The van der Waals surface area contributed by atoms with E-state index in [0.717, 1.165) is 17.1 Å². The zero-order valence-corrected chi connectivity index (χ0v) is 16.2. The number of rotatable bonds is 7. The molecule has 1 aromatic heterocycles. The van der Waals surface area contributed by atoms with Crippen LogP contribution >= 0.6 is 0 Å². The fraction of sp³-hybridized carbons (Fsp3) is 0.273. The van der Waals surface area contributed by atoms with Crippen LogP contribution in [-0.2, 0) is 0 Å². The molecule has 3 rings (SSSR count). The second kappa shape index (κ2) is 8.54. The summed E-state index contributed by atoms with van der Waals surface area (Å²) in [4.78, 5) is 8.86. The van der Waals surface area contributed by atoms with E-state index in [9.17, 15) is 0 Å². The van der Waals surface area contributed by atoms with Crippen LogP contribution in [0.5, 0.6) is 5.75 Å². The van der Waals surface area contributed by atoms with Crippen molar-refractivity contribution in [1.29, 1.82) is 0 Å². The van der Waals surface area contributed by atoms with Gasteiger partial charge in [-0.25, -0.2) is 4.98 Å². The van der Waals surface area contributed by atoms with Crippen molar-refractivity contribution in [2.45, 2.75) is 39.7 Å². The third-order valence-corrected chi connectivity index (χ3v) is 4.00. The molecule has 1 heterocycles. The van der Waals surface area contributed by atoms with E-state index in [1.54, 1.807) is 6.20 Å². The van der Waals surface area contributed by atoms with Gasteiger partial charge in [0.2, 0.25) is 5.95 Å². The van der Waals surface area contributed by atoms with Crippen molar-refractivity contribution in [1.82, 2.24) is 9.97 Å². The molecule has 2 N–H and O–H groups in total. The van der Waals surface area contributed by atoms with Gasteiger partial charge in [0.15, 0.2) is 0 Å². The molecule has 2 aromatic carbocycles. The van der Waals surface area contributed by atoms with Crippen molar-refractivity contribution in [3.05, 3.63) is 66.4 Å². The summed E-state index contributed by atoms with van der Waals surface area (Å²) in [7, 11) is 0. The lowest BCUT2D eigenvalue weighted by Crippen LogP contribution is -2.07. The minimum Gasteiger partial charge on any atom is -0.489 e. The molecule has 0 spiro atoms. The number of ether oxygens (including phenoxy) is 1. The van der Waals surface area contributed by atoms with Crippen LogP contribution in [0.1, 0.15) is 39.2 Å². The highest BCUT2D eigenvalue weighted by Gasteiger charge is 2.07. The first-order chi connectivity index (χ1) is 13.0. The Kier molecular flexibility index (Phi) is 5.91. The van der Waals surface area contributed by atoms with Crippen LogP contribution in [0.25, 0.3) is 0 Å². The SMILES string of the molecule is CC(C)Oc1ccccc1Nc1ccnc(Nc2ccc(C(C)C)cc2)n1. The standard InChI is InChI=1S/C22H26N4O/c1-15(2)17-9-11-18(12-10-17)24-22-23-14-13-21(26-22)25-19-7-5-6-8-20(19)27-16(3)4/h5-16H,1-4H3,(H2,23,24,25,26). The Morgan fingerprint density at radius 3 is 2.30 bits per heavy atom. The number of benzene rings is 2. The predicted molar refractivity (Wildman–Crippen MR) is 111 cm³/mol. The molecule has 0 atom stereocenters. The summed E-state index contributed by atoms with van der Waals surface area (Å²) in [5.41, 5.74) is 3.14. The highest BCUT2D eigenvalue weighted by Crippen LogP contribution is 2.28. The molecule has 0 aliphatic carbocycles. The van der Waals surface area contributed by atoms with E-state index in [4.69, 9.17) is 4.74 Å². The second-order valence-electron chi connectivity index (χ2n) is 6.95. The van der Waals surface area contributed by atoms with E-state index >= 15 is 0 Å². The van der Waals surface area contributed by atoms with Crippen molar-refractivity contribution < 1.29 is 4.74 Å². The number of para-hydroxylation sites is 2. The summed E-state index contributed by atoms with van der Waals surface area (Å²) in [5.74, 6) is 2.55. The maximum Gasteiger partial charge on any atom is 0.229 e. The highest BCUT2D eigenvalue weighted by atomic mass is 16.5. The molecule has 3 aromatic rings. The zero-order chi connectivity index (χ0) is 19.2. The molecule has 27 heavy (non-hydrogen) atoms. The molecule has 0 fully saturated rings. The zero-order valence-electron chi connectivity index (χ0n) is 16.2. The highest BCUT2D eigenvalue weighted by molar-refractivity contribution is 5.65. The van der Waals surface area contributed by atoms with Gasteiger partial charge in [-0.3, -0.25) is 0 Å². The third-order valence-electron chi connectivity index (χ3n) is 4.00. The van der Waals surface area contributed by atoms with Gasteiger partial charge in [-0.15, -0.1) is 0 Å². The summed E-state index contributed by atoms with van der Waals surface area (Å²) < 4.78 is 5.85. The van der Waals surface area contributed by atoms with Crippen LogP contribution in [0.3, 0.4) is 0 Å². The number of hydrogen-bond donors (Lipinski definition) is 2. The molecule has 0 unspecified atom stereocenters. The van der Waals surface area contributed by atoms with Crippen LogP contribution in [0.2, 0.25) is 0 Å². The molecule has 0 amide bonds. The first-order valence-electron chi connectivity index (χ1n) is 9.24. The minimum atomic E-state index is 0.101. The Bertz CT molecular complexity index is 875. The lowest BCUT2D eigenvalue weighted by atomic mass is 10.0. The number of hydrogen-bond acceptors (Lipinski definition) is 5. The number of nitrogens with zero attached hydrogens (tertiary/aromatic N) is 2. The molecule has 0 saturated carbocycles. The fourth-order valence-corrected chi connectivity index (χ4v) is 2.63. The maximum atomic E-state index is 5.85. The van der Waals surface area contributed by atoms with Gasteiger partial charge < -0.3 is 15.4 Å². The van der Waals surface area contributed by atoms with Crippen LogP contribution in [0.4, 0.5) is 23.1 Å². The molecule has 0 saturated heterocycles. The van der Waals surface area contributed by atoms with E-state index < -0.39 is 0 Å². The van der Waals surface area contributed by atoms with Gasteiger partial charge in [0.05, 0.1) is 11.8 Å². The van der Waals surface area contributed by atoms with Crippen molar-refractivity contribution in [2.24, 2.45) is 0 Å². The molecule has 0 radical (unpaired) electrons. The maximum absolute atomic E-state index is 5.85. The first kappa shape index (κ1) is 18.7. The number of aromatic nitrogens is 2. The molecular weight excluding hydrogens is 336 g/mol. The van der Waals surface area contributed by atoms with Gasteiger partial charge in [0, 0.05) is 11.9 Å². The van der Waals surface area contributed by atoms with Crippen molar-refractivity contribution >= 4 is 23.1 Å². The van der Waals surface area contributed by atoms with E-state index in [-0.39, 0.29) is 6.10 Å². The van der Waals surface area contributed by atoms with Gasteiger partial charge in [0.1, 0.15) is 11.6 Å². The van der Waals surface area contributed by atoms with Gasteiger partial charge >= 0.3 is 0 Å². The second-order valence-corrected chi connectivity index (χ2v) is 6.95. The normalized spacial score (nSPS) is 10.9. The Labute approximate surface area is 160 Å². The van der Waals surface area contributed by atoms with Crippen molar-refractivity contribution in [3.63, 3.8) is 0 Å². The van der Waals surface area contributed by atoms with Crippen LogP contribution in [0, 0.1) is 0 Å². The Hall–Kier alpha value is -3.08. The van der Waals surface area contributed by atoms with Crippen LogP contribution in [0.15, 0.2) is 60.8 Å². The lowest BCUT2D eigenvalue weighted by Gasteiger charge is -2.15. The molecule has 5 heteroatoms. The Morgan fingerprint density at radius 2 is 1.59 bits per heavy atom. The quantitative estimate of drug-likeness (QED) is 0.550. The largest absolute Gasteiger partial charge is 0.489 e. The van der Waals surface area contributed by atoms with E-state index in [1.165, 1.54) is 5.56 Å². The number of anilines is 4. The predicted octanol–water partition coefficient (Wildman–Crippen LogP) is 5.87. The summed E-state index contributed by atoms with van der Waals surface area (Å²) in [6.07, 6.45) is 1.83. The molecule has 5 nitrogen and oxygen atoms in total. The molecule has 0 aliphatic rings. The summed E-state index contributed by atoms with van der Waals surface area (Å²) in [6.45, 7) is 8.38. The Balaban J connectivity index is 1.74. The summed E-state index contributed by atoms with van der Waals surface area (Å²) >= 11 is 0. The van der Waals surface area contributed by atoms with E-state index in [2.05, 4.69) is 46.6 Å². The molecular formula is C22H26N4O. The van der Waals surface area contributed by atoms with Crippen LogP contribution in [-0.4, -0.2) is 16.1 Å². The van der Waals surface area contributed by atoms with Gasteiger partial charge in [-0.2, -0.15) is 4.98 Å². The minimum absolute atomic E-state index is 0.101. The average Bonchev–Trinajstić information content (AvgIpc) is 2.64. The lowest BCUT2D eigenvalue weighted by molar-refractivity contribution is 0.244. The number of nitrogens with one attached hydrogen (secondary N) is 2. The molecule has 0 aliphatic heterocycles. The van der Waals surface area contributed by atoms with E-state index in [1.807, 2.05) is 56.3 Å². The Morgan fingerprint density at radius 1 is 0.852 bits per heavy atom. The molecule has 0 bridgehead atoms. The third kappa shape index (κ3) is 5.20. The average molecular weight is 362 g/mol. The van der Waals surface area contributed by atoms with Crippen molar-refractivity contribution in [2.75, 3.05) is 10.6 Å². The summed E-state index contributed by atoms with van der Waals surface area (Å²) in [6, 6.07) is 18.0.